The van der Waals surface area contributed by atoms with Gasteiger partial charge >= 0.3 is 0 Å². The standard InChI is InChI=1S/C69H52N6O9/c1-77-41-11-21-58-52(32-41)53-33-42(78-2)12-22-59(53)72(58)38-8-18-48(66(28-38)74-62-20-10-40(76)30-50(62)51-31-45(81-5)15-25-63(51)74)68-70-71-69(84-68)49-19-9-39(73-60-23-13-43(79-3)34-54(60)55-35-44(80-4)14-24-61(55)73)29-67(49)75-64-26-16-46(82-6)36-56(64)57-37-47(83-7)17-27-65(57)75/h8-37,76H,1-7H3. The van der Waals surface area contributed by atoms with E-state index < -0.39 is 0 Å². The summed E-state index contributed by atoms with van der Waals surface area (Å²) in [5.41, 5.74) is 12.0. The van der Waals surface area contributed by atoms with Crippen LogP contribution in [0.4, 0.5) is 0 Å². The van der Waals surface area contributed by atoms with Crippen molar-refractivity contribution >= 4 is 87.2 Å². The summed E-state index contributed by atoms with van der Waals surface area (Å²) in [4.78, 5) is 0. The van der Waals surface area contributed by atoms with Gasteiger partial charge in [-0.2, -0.15) is 0 Å². The number of phenols is 1. The van der Waals surface area contributed by atoms with E-state index >= 15 is 0 Å². The first-order chi connectivity index (χ1) is 41.2. The number of hydrogen-bond acceptors (Lipinski definition) is 11. The number of phenolic OH excluding ortho intramolecular Hbond substituents is 1. The Hall–Kier alpha value is -11.1. The maximum atomic E-state index is 11.0. The van der Waals surface area contributed by atoms with Crippen molar-refractivity contribution < 1.29 is 42.7 Å². The Balaban J connectivity index is 0.991. The van der Waals surface area contributed by atoms with Gasteiger partial charge in [-0.05, 0) is 182 Å². The molecule has 0 saturated carbocycles. The lowest BCUT2D eigenvalue weighted by Crippen LogP contribution is -2.02. The predicted molar refractivity (Wildman–Crippen MR) is 330 cm³/mol. The monoisotopic (exact) mass is 1110 g/mol. The lowest BCUT2D eigenvalue weighted by atomic mass is 10.1. The molecule has 0 spiro atoms. The zero-order valence-electron chi connectivity index (χ0n) is 46.7. The number of methoxy groups -OCH3 is 7. The molecule has 0 saturated heterocycles. The Bertz CT molecular complexity index is 5010. The van der Waals surface area contributed by atoms with Gasteiger partial charge in [-0.1, -0.05) is 0 Å². The highest BCUT2D eigenvalue weighted by Gasteiger charge is 2.26. The van der Waals surface area contributed by atoms with Crippen molar-refractivity contribution in [3.05, 3.63) is 182 Å². The number of nitrogens with zero attached hydrogens (tertiary/aromatic N) is 6. The summed E-state index contributed by atoms with van der Waals surface area (Å²) in [5, 5.41) is 28.6. The summed E-state index contributed by atoms with van der Waals surface area (Å²) in [5.74, 6) is 5.78. The van der Waals surface area contributed by atoms with Crippen molar-refractivity contribution in [1.82, 2.24) is 28.5 Å². The predicted octanol–water partition coefficient (Wildman–Crippen LogP) is 15.6. The Morgan fingerprint density at radius 3 is 0.810 bits per heavy atom. The van der Waals surface area contributed by atoms with Gasteiger partial charge in [0.1, 0.15) is 46.0 Å². The lowest BCUT2D eigenvalue weighted by Gasteiger charge is -2.16. The Morgan fingerprint density at radius 1 is 0.286 bits per heavy atom. The molecule has 0 fully saturated rings. The van der Waals surface area contributed by atoms with Gasteiger partial charge in [0.05, 0.1) is 116 Å². The molecule has 0 amide bonds. The molecule has 0 aliphatic rings. The summed E-state index contributed by atoms with van der Waals surface area (Å²) >= 11 is 0. The minimum absolute atomic E-state index is 0.137. The van der Waals surface area contributed by atoms with Crippen LogP contribution in [0.15, 0.2) is 186 Å². The summed E-state index contributed by atoms with van der Waals surface area (Å²) in [6, 6.07) is 60.7. The van der Waals surface area contributed by atoms with Crippen LogP contribution in [0.3, 0.4) is 0 Å². The van der Waals surface area contributed by atoms with E-state index in [4.69, 9.17) is 47.8 Å². The molecule has 15 aromatic rings. The molecule has 5 heterocycles. The first kappa shape index (κ1) is 49.9. The van der Waals surface area contributed by atoms with Gasteiger partial charge in [0.2, 0.25) is 11.8 Å². The first-order valence-corrected chi connectivity index (χ1v) is 27.1. The highest BCUT2D eigenvalue weighted by Crippen LogP contribution is 2.45. The van der Waals surface area contributed by atoms with E-state index in [1.54, 1.807) is 61.9 Å². The number of ether oxygens (including phenoxy) is 7. The average molecular weight is 1110 g/mol. The van der Waals surface area contributed by atoms with Crippen molar-refractivity contribution in [1.29, 1.82) is 0 Å². The number of benzene rings is 10. The Kier molecular flexibility index (Phi) is 11.5. The van der Waals surface area contributed by atoms with Crippen molar-refractivity contribution in [2.75, 3.05) is 49.8 Å². The zero-order valence-corrected chi connectivity index (χ0v) is 46.7. The third-order valence-electron chi connectivity index (χ3n) is 16.3. The molecule has 84 heavy (non-hydrogen) atoms. The smallest absolute Gasteiger partial charge is 0.250 e. The normalized spacial score (nSPS) is 11.8. The van der Waals surface area contributed by atoms with Gasteiger partial charge in [0.25, 0.3) is 0 Å². The maximum absolute atomic E-state index is 11.0. The van der Waals surface area contributed by atoms with Gasteiger partial charge in [0.15, 0.2) is 0 Å². The third-order valence-corrected chi connectivity index (χ3v) is 16.3. The lowest BCUT2D eigenvalue weighted by molar-refractivity contribution is 0.415. The van der Waals surface area contributed by atoms with Gasteiger partial charge < -0.3 is 61.0 Å². The fourth-order valence-electron chi connectivity index (χ4n) is 12.4. The Morgan fingerprint density at radius 2 is 0.536 bits per heavy atom. The molecule has 0 atom stereocenters. The summed E-state index contributed by atoms with van der Waals surface area (Å²) in [6.45, 7) is 0. The van der Waals surface area contributed by atoms with Crippen molar-refractivity contribution in [2.24, 2.45) is 0 Å². The molecule has 15 nitrogen and oxygen atoms in total. The molecule has 1 N–H and O–H groups in total. The zero-order chi connectivity index (χ0) is 57.1. The quantitative estimate of drug-likeness (QED) is 0.118. The highest BCUT2D eigenvalue weighted by atomic mass is 16.5. The molecule has 0 radical (unpaired) electrons. The molecular formula is C69H52N6O9. The third kappa shape index (κ3) is 7.58. The van der Waals surface area contributed by atoms with E-state index in [1.807, 2.05) is 66.7 Å². The number of rotatable bonds is 13. The summed E-state index contributed by atoms with van der Waals surface area (Å²) in [6.07, 6.45) is 0. The van der Waals surface area contributed by atoms with Crippen LogP contribution >= 0.6 is 0 Å². The largest absolute Gasteiger partial charge is 0.508 e. The van der Waals surface area contributed by atoms with E-state index in [9.17, 15) is 5.11 Å². The number of hydrogen-bond donors (Lipinski definition) is 1. The van der Waals surface area contributed by atoms with E-state index in [0.29, 0.717) is 16.9 Å². The van der Waals surface area contributed by atoms with Crippen molar-refractivity contribution in [3.8, 4) is 91.7 Å². The number of aromatic hydroxyl groups is 1. The molecule has 412 valence electrons. The Labute approximate surface area is 479 Å². The van der Waals surface area contributed by atoms with Gasteiger partial charge in [-0.3, -0.25) is 0 Å². The fraction of sp³-hybridized carbons (Fsp3) is 0.101. The molecule has 5 aromatic heterocycles. The fourth-order valence-corrected chi connectivity index (χ4v) is 12.4. The molecule has 15 rings (SSSR count). The van der Waals surface area contributed by atoms with Crippen LogP contribution in [0, 0.1) is 0 Å². The van der Waals surface area contributed by atoms with E-state index in [0.717, 1.165) is 144 Å². The average Bonchev–Trinajstić information content (AvgIpc) is 2.38. The van der Waals surface area contributed by atoms with Crippen LogP contribution in [0.1, 0.15) is 0 Å². The van der Waals surface area contributed by atoms with Gasteiger partial charge in [-0.25, -0.2) is 0 Å². The maximum Gasteiger partial charge on any atom is 0.250 e. The molecule has 0 bridgehead atoms. The molecule has 0 unspecified atom stereocenters. The van der Waals surface area contributed by atoms with E-state index in [1.165, 1.54) is 0 Å². The summed E-state index contributed by atoms with van der Waals surface area (Å²) in [7, 11) is 11.7. The minimum atomic E-state index is 0.137. The second kappa shape index (κ2) is 19.3. The highest BCUT2D eigenvalue weighted by molar-refractivity contribution is 6.14. The van der Waals surface area contributed by atoms with Crippen LogP contribution in [-0.4, -0.2) is 83.3 Å². The first-order valence-electron chi connectivity index (χ1n) is 27.1. The molecule has 10 aromatic carbocycles. The number of fused-ring (bicyclic) bond motifs is 12. The van der Waals surface area contributed by atoms with Crippen LogP contribution < -0.4 is 33.2 Å². The van der Waals surface area contributed by atoms with Crippen LogP contribution in [0.5, 0.6) is 46.0 Å². The van der Waals surface area contributed by atoms with Gasteiger partial charge in [0, 0.05) is 54.5 Å². The minimum Gasteiger partial charge on any atom is -0.508 e. The molecule has 0 aliphatic heterocycles. The van der Waals surface area contributed by atoms with E-state index in [-0.39, 0.29) is 17.5 Å². The van der Waals surface area contributed by atoms with E-state index in [2.05, 4.69) is 121 Å². The topological polar surface area (TPSA) is 143 Å². The SMILES string of the molecule is COc1ccc2c(c1)c1cc(OC)ccc1n2-c1ccc(-c2nnc(-c3ccc(-n4c5ccc(OC)cc5c5cc(OC)ccc54)cc3-n3c4ccc(OC)cc4c4cc(OC)ccc43)o2)c(-n2c3ccc(O)cc3c3cc(OC)ccc32)c1. The molecular weight excluding hydrogens is 1060 g/mol. The van der Waals surface area contributed by atoms with Crippen LogP contribution in [0.25, 0.3) is 133 Å². The second-order valence-electron chi connectivity index (χ2n) is 20.5. The summed E-state index contributed by atoms with van der Waals surface area (Å²) < 4.78 is 56.5. The van der Waals surface area contributed by atoms with Crippen LogP contribution in [-0.2, 0) is 0 Å². The van der Waals surface area contributed by atoms with Gasteiger partial charge in [-0.15, -0.1) is 10.2 Å². The second-order valence-corrected chi connectivity index (χ2v) is 20.5. The molecule has 0 aliphatic carbocycles. The van der Waals surface area contributed by atoms with Crippen molar-refractivity contribution in [2.45, 2.75) is 0 Å². The van der Waals surface area contributed by atoms with Crippen molar-refractivity contribution in [3.63, 3.8) is 0 Å². The van der Waals surface area contributed by atoms with Crippen LogP contribution in [0.2, 0.25) is 0 Å². The molecule has 15 heteroatoms. The number of aromatic nitrogens is 6.